The van der Waals surface area contributed by atoms with Crippen LogP contribution in [0.25, 0.3) is 16.9 Å². The van der Waals surface area contributed by atoms with E-state index in [1.54, 1.807) is 0 Å². The zero-order valence-corrected chi connectivity index (χ0v) is 13.3. The molecule has 2 N–H and O–H groups in total. The SMILES string of the molecule is CCn1nc(C)c2nc(N)n(-c3cc(C)cc(Br)c3)c21. The van der Waals surface area contributed by atoms with Gasteiger partial charge in [0.1, 0.15) is 5.52 Å². The summed E-state index contributed by atoms with van der Waals surface area (Å²) in [7, 11) is 0. The van der Waals surface area contributed by atoms with Crippen LogP contribution in [0.1, 0.15) is 18.2 Å². The van der Waals surface area contributed by atoms with Gasteiger partial charge in [-0.05, 0) is 44.5 Å². The number of nitrogens with zero attached hydrogens (tertiary/aromatic N) is 4. The van der Waals surface area contributed by atoms with Crippen LogP contribution in [0.4, 0.5) is 5.95 Å². The van der Waals surface area contributed by atoms with Crippen LogP contribution >= 0.6 is 15.9 Å². The highest BCUT2D eigenvalue weighted by atomic mass is 79.9. The van der Waals surface area contributed by atoms with E-state index in [-0.39, 0.29) is 0 Å². The molecule has 2 aromatic heterocycles. The number of halogens is 1. The van der Waals surface area contributed by atoms with Crippen molar-refractivity contribution in [3.05, 3.63) is 33.9 Å². The van der Waals surface area contributed by atoms with Crippen molar-refractivity contribution in [1.29, 1.82) is 0 Å². The first-order chi connectivity index (χ1) is 9.51. The third-order valence-corrected chi connectivity index (χ3v) is 3.78. The van der Waals surface area contributed by atoms with Crippen LogP contribution in [0.15, 0.2) is 22.7 Å². The molecule has 6 heteroatoms. The lowest BCUT2D eigenvalue weighted by molar-refractivity contribution is 0.663. The molecular weight excluding hydrogens is 318 g/mol. The van der Waals surface area contributed by atoms with E-state index in [1.807, 2.05) is 22.2 Å². The van der Waals surface area contributed by atoms with Crippen molar-refractivity contribution in [2.75, 3.05) is 5.73 Å². The van der Waals surface area contributed by atoms with Gasteiger partial charge in [0, 0.05) is 11.0 Å². The molecular formula is C14H16BrN5. The van der Waals surface area contributed by atoms with Crippen molar-refractivity contribution >= 4 is 33.0 Å². The van der Waals surface area contributed by atoms with Crippen LogP contribution in [0, 0.1) is 13.8 Å². The molecule has 0 radical (unpaired) electrons. The molecule has 0 saturated heterocycles. The Bertz CT molecular complexity index is 779. The summed E-state index contributed by atoms with van der Waals surface area (Å²) >= 11 is 3.53. The van der Waals surface area contributed by atoms with Crippen molar-refractivity contribution in [1.82, 2.24) is 19.3 Å². The van der Waals surface area contributed by atoms with E-state index in [2.05, 4.69) is 52.0 Å². The molecule has 104 valence electrons. The first kappa shape index (κ1) is 13.2. The molecule has 1 aromatic carbocycles. The van der Waals surface area contributed by atoms with E-state index in [9.17, 15) is 0 Å². The van der Waals surface area contributed by atoms with Gasteiger partial charge in [0.2, 0.25) is 5.95 Å². The molecule has 3 aromatic rings. The smallest absolute Gasteiger partial charge is 0.207 e. The average Bonchev–Trinajstić information content (AvgIpc) is 2.85. The fourth-order valence-corrected chi connectivity index (χ4v) is 3.10. The van der Waals surface area contributed by atoms with Gasteiger partial charge in [-0.2, -0.15) is 5.10 Å². The zero-order valence-electron chi connectivity index (χ0n) is 11.7. The van der Waals surface area contributed by atoms with Crippen LogP contribution in [0.2, 0.25) is 0 Å². The van der Waals surface area contributed by atoms with Crippen LogP contribution in [0.3, 0.4) is 0 Å². The number of aryl methyl sites for hydroxylation is 3. The van der Waals surface area contributed by atoms with Crippen LogP contribution in [0.5, 0.6) is 0 Å². The van der Waals surface area contributed by atoms with Gasteiger partial charge in [0.25, 0.3) is 0 Å². The molecule has 5 nitrogen and oxygen atoms in total. The number of benzene rings is 1. The molecule has 20 heavy (non-hydrogen) atoms. The van der Waals surface area contributed by atoms with Gasteiger partial charge in [-0.1, -0.05) is 15.9 Å². The maximum Gasteiger partial charge on any atom is 0.207 e. The number of nitrogen functional groups attached to an aromatic ring is 1. The Kier molecular flexibility index (Phi) is 3.05. The Morgan fingerprint density at radius 1 is 1.25 bits per heavy atom. The Balaban J connectivity index is 2.37. The molecule has 0 bridgehead atoms. The first-order valence-corrected chi connectivity index (χ1v) is 7.29. The van der Waals surface area contributed by atoms with Crippen LogP contribution in [-0.4, -0.2) is 19.3 Å². The second-order valence-corrected chi connectivity index (χ2v) is 5.78. The van der Waals surface area contributed by atoms with E-state index in [4.69, 9.17) is 5.73 Å². The molecule has 2 heterocycles. The summed E-state index contributed by atoms with van der Waals surface area (Å²) in [5, 5.41) is 4.51. The summed E-state index contributed by atoms with van der Waals surface area (Å²) in [6.07, 6.45) is 0. The zero-order chi connectivity index (χ0) is 14.4. The maximum absolute atomic E-state index is 6.12. The lowest BCUT2D eigenvalue weighted by Gasteiger charge is -2.09. The number of aromatic nitrogens is 4. The minimum Gasteiger partial charge on any atom is -0.369 e. The molecule has 0 amide bonds. The molecule has 0 spiro atoms. The summed E-state index contributed by atoms with van der Waals surface area (Å²) in [5.41, 5.74) is 11.0. The predicted molar refractivity (Wildman–Crippen MR) is 84.1 cm³/mol. The Labute approximate surface area is 125 Å². The standard InChI is InChI=1S/C14H16BrN5/c1-4-19-13-12(9(3)18-19)17-14(16)20(13)11-6-8(2)5-10(15)7-11/h5-7H,4H2,1-3H3,(H2,16,17). The molecule has 0 atom stereocenters. The van der Waals surface area contributed by atoms with Gasteiger partial charge in [-0.15, -0.1) is 0 Å². The monoisotopic (exact) mass is 333 g/mol. The van der Waals surface area contributed by atoms with Gasteiger partial charge in [-0.3, -0.25) is 4.57 Å². The third-order valence-electron chi connectivity index (χ3n) is 3.32. The Hall–Kier alpha value is -1.82. The van der Waals surface area contributed by atoms with E-state index < -0.39 is 0 Å². The highest BCUT2D eigenvalue weighted by Crippen LogP contribution is 2.27. The lowest BCUT2D eigenvalue weighted by atomic mass is 10.2. The highest BCUT2D eigenvalue weighted by molar-refractivity contribution is 9.10. The quantitative estimate of drug-likeness (QED) is 0.783. The summed E-state index contributed by atoms with van der Waals surface area (Å²) in [5.74, 6) is 0.486. The largest absolute Gasteiger partial charge is 0.369 e. The number of anilines is 1. The molecule has 3 rings (SSSR count). The third kappa shape index (κ3) is 1.91. The average molecular weight is 334 g/mol. The predicted octanol–water partition coefficient (Wildman–Crippen LogP) is 3.20. The normalized spacial score (nSPS) is 11.4. The summed E-state index contributed by atoms with van der Waals surface area (Å²) in [4.78, 5) is 4.46. The molecule has 0 unspecified atom stereocenters. The molecule has 0 saturated carbocycles. The molecule has 0 aliphatic carbocycles. The van der Waals surface area contributed by atoms with E-state index in [1.165, 1.54) is 0 Å². The van der Waals surface area contributed by atoms with Gasteiger partial charge >= 0.3 is 0 Å². The number of imidazole rings is 1. The maximum atomic E-state index is 6.12. The Morgan fingerprint density at radius 2 is 2.00 bits per heavy atom. The molecule has 0 aliphatic rings. The fourth-order valence-electron chi connectivity index (χ4n) is 2.51. The second-order valence-electron chi connectivity index (χ2n) is 4.87. The number of nitrogens with two attached hydrogens (primary N) is 1. The Morgan fingerprint density at radius 3 is 2.65 bits per heavy atom. The van der Waals surface area contributed by atoms with E-state index in [0.717, 1.165) is 39.1 Å². The van der Waals surface area contributed by atoms with Crippen LogP contribution in [-0.2, 0) is 6.54 Å². The van der Waals surface area contributed by atoms with E-state index in [0.29, 0.717) is 5.95 Å². The topological polar surface area (TPSA) is 61.7 Å². The van der Waals surface area contributed by atoms with Gasteiger partial charge in [-0.25, -0.2) is 9.67 Å². The van der Waals surface area contributed by atoms with Crippen molar-refractivity contribution in [2.24, 2.45) is 0 Å². The summed E-state index contributed by atoms with van der Waals surface area (Å²) in [6.45, 7) is 6.85. The number of rotatable bonds is 2. The van der Waals surface area contributed by atoms with Crippen LogP contribution < -0.4 is 5.73 Å². The molecule has 0 aliphatic heterocycles. The molecule has 0 fully saturated rings. The lowest BCUT2D eigenvalue weighted by Crippen LogP contribution is -2.06. The summed E-state index contributed by atoms with van der Waals surface area (Å²) < 4.78 is 4.91. The fraction of sp³-hybridized carbons (Fsp3) is 0.286. The van der Waals surface area contributed by atoms with Gasteiger partial charge in [0.15, 0.2) is 5.65 Å². The van der Waals surface area contributed by atoms with Crippen molar-refractivity contribution in [3.63, 3.8) is 0 Å². The van der Waals surface area contributed by atoms with Crippen molar-refractivity contribution < 1.29 is 0 Å². The minimum atomic E-state index is 0.486. The van der Waals surface area contributed by atoms with E-state index >= 15 is 0 Å². The summed E-state index contributed by atoms with van der Waals surface area (Å²) in [6, 6.07) is 6.19. The van der Waals surface area contributed by atoms with Gasteiger partial charge in [0.05, 0.1) is 11.4 Å². The number of hydrogen-bond donors (Lipinski definition) is 1. The van der Waals surface area contributed by atoms with Gasteiger partial charge < -0.3 is 5.73 Å². The number of hydrogen-bond acceptors (Lipinski definition) is 3. The van der Waals surface area contributed by atoms with Crippen molar-refractivity contribution in [2.45, 2.75) is 27.3 Å². The minimum absolute atomic E-state index is 0.486. The number of fused-ring (bicyclic) bond motifs is 1. The second kappa shape index (κ2) is 4.63. The highest BCUT2D eigenvalue weighted by Gasteiger charge is 2.18. The first-order valence-electron chi connectivity index (χ1n) is 6.50. The van der Waals surface area contributed by atoms with Crippen molar-refractivity contribution in [3.8, 4) is 5.69 Å².